The molecule has 0 aliphatic heterocycles. The summed E-state index contributed by atoms with van der Waals surface area (Å²) in [5, 5.41) is 10.5. The van der Waals surface area contributed by atoms with Crippen LogP contribution in [0.4, 0.5) is 11.4 Å². The lowest BCUT2D eigenvalue weighted by Crippen LogP contribution is -2.21. The number of nitrogens with one attached hydrogen (secondary N) is 1. The van der Waals surface area contributed by atoms with Gasteiger partial charge in [0.05, 0.1) is 5.69 Å². The normalized spacial score (nSPS) is 12.5. The number of H-pyrrole nitrogens is 1. The Bertz CT molecular complexity index is 880. The van der Waals surface area contributed by atoms with Crippen molar-refractivity contribution in [2.24, 2.45) is 4.99 Å². The van der Waals surface area contributed by atoms with Crippen molar-refractivity contribution in [3.05, 3.63) is 45.0 Å². The first-order valence-corrected chi connectivity index (χ1v) is 9.30. The molecule has 2 N–H and O–H groups in total. The summed E-state index contributed by atoms with van der Waals surface area (Å²) in [4.78, 5) is 21.3. The van der Waals surface area contributed by atoms with Gasteiger partial charge in [-0.15, -0.1) is 0 Å². The molecule has 140 valence electrons. The zero-order valence-corrected chi connectivity index (χ0v) is 16.5. The molecule has 0 bridgehead atoms. The van der Waals surface area contributed by atoms with Crippen LogP contribution >= 0.6 is 12.2 Å². The van der Waals surface area contributed by atoms with E-state index in [1.165, 1.54) is 6.21 Å². The average Bonchev–Trinajstić information content (AvgIpc) is 2.63. The maximum Gasteiger partial charge on any atom is 0.264 e. The number of aromatic amines is 1. The summed E-state index contributed by atoms with van der Waals surface area (Å²) in [5.41, 5.74) is 1.49. The number of aromatic hydroxyl groups is 1. The van der Waals surface area contributed by atoms with E-state index in [1.807, 2.05) is 38.1 Å². The van der Waals surface area contributed by atoms with Crippen LogP contribution in [0.1, 0.15) is 45.7 Å². The first-order chi connectivity index (χ1) is 12.4. The number of rotatable bonds is 7. The van der Waals surface area contributed by atoms with Gasteiger partial charge in [0, 0.05) is 31.0 Å². The summed E-state index contributed by atoms with van der Waals surface area (Å²) >= 11 is 5.17. The van der Waals surface area contributed by atoms with Crippen molar-refractivity contribution in [3.63, 3.8) is 0 Å². The summed E-state index contributed by atoms with van der Waals surface area (Å²) in [6.07, 6.45) is 2.16. The Hall–Kier alpha value is -2.41. The van der Waals surface area contributed by atoms with E-state index in [4.69, 9.17) is 12.2 Å². The van der Waals surface area contributed by atoms with Crippen molar-refractivity contribution in [2.45, 2.75) is 40.2 Å². The van der Waals surface area contributed by atoms with Gasteiger partial charge in [0.2, 0.25) is 5.88 Å². The molecule has 1 atom stereocenters. The van der Waals surface area contributed by atoms with Gasteiger partial charge >= 0.3 is 0 Å². The number of aliphatic imine (C=N–C) groups is 1. The van der Waals surface area contributed by atoms with Crippen LogP contribution in [-0.4, -0.2) is 34.0 Å². The second kappa shape index (κ2) is 8.80. The summed E-state index contributed by atoms with van der Waals surface area (Å²) < 4.78 is 1.75. The number of anilines is 1. The maximum absolute atomic E-state index is 12.2. The van der Waals surface area contributed by atoms with Crippen LogP contribution in [-0.2, 0) is 0 Å². The van der Waals surface area contributed by atoms with Gasteiger partial charge in [-0.1, -0.05) is 6.92 Å². The number of nitrogens with zero attached hydrogens (tertiary/aromatic N) is 3. The van der Waals surface area contributed by atoms with E-state index in [-0.39, 0.29) is 22.3 Å². The molecule has 0 spiro atoms. The van der Waals surface area contributed by atoms with Crippen molar-refractivity contribution in [1.82, 2.24) is 9.55 Å². The Balaban J connectivity index is 2.36. The minimum Gasteiger partial charge on any atom is -0.494 e. The molecule has 1 heterocycles. The summed E-state index contributed by atoms with van der Waals surface area (Å²) in [6, 6.07) is 7.74. The van der Waals surface area contributed by atoms with Crippen LogP contribution in [0, 0.1) is 4.77 Å². The molecule has 7 heteroatoms. The zero-order chi connectivity index (χ0) is 19.3. The molecule has 0 fully saturated rings. The quantitative estimate of drug-likeness (QED) is 0.563. The van der Waals surface area contributed by atoms with Gasteiger partial charge in [0.1, 0.15) is 5.56 Å². The van der Waals surface area contributed by atoms with Crippen molar-refractivity contribution in [1.29, 1.82) is 0 Å². The van der Waals surface area contributed by atoms with E-state index >= 15 is 0 Å². The van der Waals surface area contributed by atoms with Crippen molar-refractivity contribution < 1.29 is 5.11 Å². The van der Waals surface area contributed by atoms with Gasteiger partial charge < -0.3 is 10.0 Å². The molecule has 6 nitrogen and oxygen atoms in total. The minimum atomic E-state index is -0.449. The van der Waals surface area contributed by atoms with E-state index in [0.29, 0.717) is 5.69 Å². The van der Waals surface area contributed by atoms with Gasteiger partial charge in [-0.2, -0.15) is 0 Å². The molecule has 0 aliphatic rings. The number of hydrogen-bond donors (Lipinski definition) is 2. The zero-order valence-electron chi connectivity index (χ0n) is 15.7. The highest BCUT2D eigenvalue weighted by Crippen LogP contribution is 2.22. The molecule has 0 radical (unpaired) electrons. The van der Waals surface area contributed by atoms with Crippen molar-refractivity contribution >= 4 is 29.8 Å². The Labute approximate surface area is 158 Å². The third kappa shape index (κ3) is 4.22. The molecular formula is C19H26N4O2S. The molecule has 0 saturated heterocycles. The van der Waals surface area contributed by atoms with Crippen LogP contribution in [0.3, 0.4) is 0 Å². The first-order valence-electron chi connectivity index (χ1n) is 8.89. The van der Waals surface area contributed by atoms with E-state index < -0.39 is 5.56 Å². The molecule has 1 aromatic heterocycles. The largest absolute Gasteiger partial charge is 0.494 e. The fraction of sp³-hybridized carbons (Fsp3) is 0.421. The number of aromatic nitrogens is 2. The first kappa shape index (κ1) is 19.9. The molecule has 2 rings (SSSR count). The summed E-state index contributed by atoms with van der Waals surface area (Å²) in [7, 11) is 0. The summed E-state index contributed by atoms with van der Waals surface area (Å²) in [5.74, 6) is -0.156. The lowest BCUT2D eigenvalue weighted by Gasteiger charge is -2.20. The van der Waals surface area contributed by atoms with E-state index in [0.717, 1.165) is 25.2 Å². The molecule has 1 aromatic carbocycles. The van der Waals surface area contributed by atoms with Crippen LogP contribution < -0.4 is 10.5 Å². The van der Waals surface area contributed by atoms with Crippen molar-refractivity contribution in [2.75, 3.05) is 18.0 Å². The fourth-order valence-electron chi connectivity index (χ4n) is 2.74. The average molecular weight is 375 g/mol. The van der Waals surface area contributed by atoms with Crippen molar-refractivity contribution in [3.8, 4) is 5.88 Å². The highest BCUT2D eigenvalue weighted by atomic mass is 32.1. The Kier molecular flexibility index (Phi) is 6.74. The monoisotopic (exact) mass is 374 g/mol. The fourth-order valence-corrected chi connectivity index (χ4v) is 3.10. The van der Waals surface area contributed by atoms with Gasteiger partial charge in [0.25, 0.3) is 5.56 Å². The molecule has 26 heavy (non-hydrogen) atoms. The van der Waals surface area contributed by atoms with Crippen LogP contribution in [0.15, 0.2) is 34.1 Å². The van der Waals surface area contributed by atoms with Gasteiger partial charge in [-0.3, -0.25) is 19.3 Å². The number of benzene rings is 1. The molecule has 0 unspecified atom stereocenters. The van der Waals surface area contributed by atoms with E-state index in [2.05, 4.69) is 28.7 Å². The Morgan fingerprint density at radius 1 is 1.27 bits per heavy atom. The topological polar surface area (TPSA) is 73.6 Å². The number of hydrogen-bond acceptors (Lipinski definition) is 5. The predicted molar refractivity (Wildman–Crippen MR) is 110 cm³/mol. The third-order valence-electron chi connectivity index (χ3n) is 4.51. The van der Waals surface area contributed by atoms with Crippen LogP contribution in [0.25, 0.3) is 0 Å². The lowest BCUT2D eigenvalue weighted by molar-refractivity contribution is 0.371. The van der Waals surface area contributed by atoms with Crippen LogP contribution in [0.5, 0.6) is 5.88 Å². The second-order valence-electron chi connectivity index (χ2n) is 6.07. The molecular weight excluding hydrogens is 348 g/mol. The Morgan fingerprint density at radius 3 is 2.42 bits per heavy atom. The van der Waals surface area contributed by atoms with E-state index in [9.17, 15) is 9.90 Å². The SMILES string of the molecule is CC[C@@H](C)n1c(O)c(C=Nc2ccc(N(CC)CC)cc2)c(=O)[nH]c1=S. The predicted octanol–water partition coefficient (Wildman–Crippen LogP) is 4.18. The maximum atomic E-state index is 12.2. The molecule has 0 amide bonds. The third-order valence-corrected chi connectivity index (χ3v) is 4.80. The standard InChI is InChI=1S/C19H26N4O2S/c1-5-13(4)23-18(25)16(17(24)21-19(23)26)12-20-14-8-10-15(11-9-14)22(6-2)7-3/h8-13,25H,5-7H2,1-4H3,(H,21,24,26)/t13-/m1/s1. The molecule has 0 aliphatic carbocycles. The Morgan fingerprint density at radius 2 is 1.88 bits per heavy atom. The lowest BCUT2D eigenvalue weighted by atomic mass is 10.2. The minimum absolute atomic E-state index is 0.0279. The molecule has 2 aromatic rings. The second-order valence-corrected chi connectivity index (χ2v) is 6.46. The van der Waals surface area contributed by atoms with E-state index in [1.54, 1.807) is 4.57 Å². The molecule has 0 saturated carbocycles. The van der Waals surface area contributed by atoms with Gasteiger partial charge in [-0.25, -0.2) is 0 Å². The highest BCUT2D eigenvalue weighted by Gasteiger charge is 2.14. The van der Waals surface area contributed by atoms with Crippen LogP contribution in [0.2, 0.25) is 0 Å². The van der Waals surface area contributed by atoms with Gasteiger partial charge in [-0.05, 0) is 63.7 Å². The smallest absolute Gasteiger partial charge is 0.264 e. The summed E-state index contributed by atoms with van der Waals surface area (Å²) in [6.45, 7) is 10.0. The highest BCUT2D eigenvalue weighted by molar-refractivity contribution is 7.71. The van der Waals surface area contributed by atoms with Gasteiger partial charge in [0.15, 0.2) is 4.77 Å².